The molecule has 3 N–H and O–H groups in total. The number of carbonyl (C=O) groups is 1. The van der Waals surface area contributed by atoms with Crippen molar-refractivity contribution >= 4 is 5.91 Å². The Balaban J connectivity index is 1.63. The molecule has 7 heteroatoms. The Hall–Kier alpha value is -1.41. The van der Waals surface area contributed by atoms with E-state index in [4.69, 9.17) is 9.15 Å². The highest BCUT2D eigenvalue weighted by molar-refractivity contribution is 5.91. The van der Waals surface area contributed by atoms with E-state index in [9.17, 15) is 15.0 Å². The Morgan fingerprint density at radius 3 is 2.77 bits per heavy atom. The molecule has 3 heterocycles. The normalized spacial score (nSPS) is 32.5. The van der Waals surface area contributed by atoms with Crippen LogP contribution in [-0.4, -0.2) is 71.6 Å². The number of furan rings is 1. The monoisotopic (exact) mass is 310 g/mol. The summed E-state index contributed by atoms with van der Waals surface area (Å²) in [5.41, 5.74) is 0. The van der Waals surface area contributed by atoms with Crippen molar-refractivity contribution in [3.05, 3.63) is 24.2 Å². The third kappa shape index (κ3) is 3.03. The smallest absolute Gasteiger partial charge is 0.287 e. The van der Waals surface area contributed by atoms with E-state index in [0.29, 0.717) is 0 Å². The summed E-state index contributed by atoms with van der Waals surface area (Å²) in [6.07, 6.45) is 1.95. The van der Waals surface area contributed by atoms with Crippen LogP contribution in [0.4, 0.5) is 0 Å². The second kappa shape index (κ2) is 6.78. The van der Waals surface area contributed by atoms with Gasteiger partial charge in [-0.1, -0.05) is 0 Å². The third-order valence-electron chi connectivity index (χ3n) is 4.41. The van der Waals surface area contributed by atoms with E-state index in [0.717, 1.165) is 25.9 Å². The number of ether oxygens (including phenoxy) is 1. The first kappa shape index (κ1) is 15.5. The lowest BCUT2D eigenvalue weighted by molar-refractivity contribution is -0.0209. The second-order valence-corrected chi connectivity index (χ2v) is 5.81. The van der Waals surface area contributed by atoms with Crippen LogP contribution in [0.15, 0.2) is 22.8 Å². The van der Waals surface area contributed by atoms with Crippen LogP contribution in [0.5, 0.6) is 0 Å². The van der Waals surface area contributed by atoms with Crippen molar-refractivity contribution in [1.29, 1.82) is 0 Å². The van der Waals surface area contributed by atoms with Crippen LogP contribution in [0, 0.1) is 0 Å². The van der Waals surface area contributed by atoms with E-state index in [2.05, 4.69) is 10.2 Å². The van der Waals surface area contributed by atoms with Crippen LogP contribution in [-0.2, 0) is 4.74 Å². The number of likely N-dealkylation sites (tertiary alicyclic amines) is 1. The van der Waals surface area contributed by atoms with Crippen LogP contribution in [0.1, 0.15) is 23.4 Å². The fourth-order valence-corrected chi connectivity index (χ4v) is 3.32. The topological polar surface area (TPSA) is 95.2 Å². The molecule has 122 valence electrons. The summed E-state index contributed by atoms with van der Waals surface area (Å²) in [5.74, 6) is -0.0642. The van der Waals surface area contributed by atoms with Crippen molar-refractivity contribution in [3.8, 4) is 0 Å². The van der Waals surface area contributed by atoms with E-state index in [1.807, 2.05) is 0 Å². The molecule has 1 amide bonds. The molecular weight excluding hydrogens is 288 g/mol. The largest absolute Gasteiger partial charge is 0.459 e. The quantitative estimate of drug-likeness (QED) is 0.685. The first-order valence-electron chi connectivity index (χ1n) is 7.71. The zero-order valence-corrected chi connectivity index (χ0v) is 12.4. The molecule has 2 saturated heterocycles. The van der Waals surface area contributed by atoms with E-state index in [1.54, 1.807) is 12.1 Å². The molecule has 3 rings (SSSR count). The van der Waals surface area contributed by atoms with Gasteiger partial charge in [0.2, 0.25) is 0 Å². The van der Waals surface area contributed by atoms with E-state index in [-0.39, 0.29) is 37.0 Å². The molecule has 2 aliphatic heterocycles. The molecule has 0 radical (unpaired) electrons. The maximum absolute atomic E-state index is 11.9. The Bertz CT molecular complexity index is 486. The number of aliphatic hydroxyl groups is 2. The molecule has 0 spiro atoms. The highest BCUT2D eigenvalue weighted by atomic mass is 16.5. The first-order valence-corrected chi connectivity index (χ1v) is 7.71. The minimum Gasteiger partial charge on any atom is -0.459 e. The highest BCUT2D eigenvalue weighted by Gasteiger charge is 2.46. The van der Waals surface area contributed by atoms with Gasteiger partial charge in [-0.2, -0.15) is 0 Å². The Labute approximate surface area is 128 Å². The molecule has 2 aliphatic rings. The molecule has 0 aliphatic carbocycles. The van der Waals surface area contributed by atoms with Crippen LogP contribution < -0.4 is 5.32 Å². The molecule has 4 atom stereocenters. The van der Waals surface area contributed by atoms with Crippen molar-refractivity contribution in [2.75, 3.05) is 26.2 Å². The van der Waals surface area contributed by atoms with Crippen LogP contribution >= 0.6 is 0 Å². The average Bonchev–Trinajstić information content (AvgIpc) is 3.25. The lowest BCUT2D eigenvalue weighted by atomic mass is 10.0. The highest BCUT2D eigenvalue weighted by Crippen LogP contribution is 2.28. The van der Waals surface area contributed by atoms with Gasteiger partial charge >= 0.3 is 0 Å². The van der Waals surface area contributed by atoms with Crippen LogP contribution in [0.25, 0.3) is 0 Å². The molecule has 0 aromatic carbocycles. The molecule has 1 aromatic heterocycles. The van der Waals surface area contributed by atoms with Gasteiger partial charge in [0.25, 0.3) is 5.91 Å². The fraction of sp³-hybridized carbons (Fsp3) is 0.667. The summed E-state index contributed by atoms with van der Waals surface area (Å²) < 4.78 is 10.8. The van der Waals surface area contributed by atoms with Gasteiger partial charge in [0.1, 0.15) is 12.2 Å². The summed E-state index contributed by atoms with van der Waals surface area (Å²) in [4.78, 5) is 14.1. The Kier molecular flexibility index (Phi) is 4.77. The van der Waals surface area contributed by atoms with Crippen LogP contribution in [0.3, 0.4) is 0 Å². The molecule has 2 fully saturated rings. The van der Waals surface area contributed by atoms with E-state index >= 15 is 0 Å². The lowest BCUT2D eigenvalue weighted by Gasteiger charge is -2.29. The maximum atomic E-state index is 11.9. The number of amides is 1. The van der Waals surface area contributed by atoms with Crippen molar-refractivity contribution in [2.45, 2.75) is 37.2 Å². The van der Waals surface area contributed by atoms with Gasteiger partial charge in [-0.05, 0) is 38.1 Å². The molecule has 7 nitrogen and oxygen atoms in total. The van der Waals surface area contributed by atoms with Crippen molar-refractivity contribution < 1.29 is 24.2 Å². The minimum atomic E-state index is -0.742. The molecule has 1 aromatic rings. The van der Waals surface area contributed by atoms with Gasteiger partial charge < -0.3 is 24.7 Å². The molecule has 0 bridgehead atoms. The molecule has 22 heavy (non-hydrogen) atoms. The van der Waals surface area contributed by atoms with Crippen molar-refractivity contribution in [3.63, 3.8) is 0 Å². The predicted molar refractivity (Wildman–Crippen MR) is 77.4 cm³/mol. The lowest BCUT2D eigenvalue weighted by Crippen LogP contribution is -2.50. The van der Waals surface area contributed by atoms with Gasteiger partial charge in [-0.3, -0.25) is 9.69 Å². The van der Waals surface area contributed by atoms with E-state index < -0.39 is 12.2 Å². The number of nitrogens with zero attached hydrogens (tertiary/aromatic N) is 1. The van der Waals surface area contributed by atoms with Crippen molar-refractivity contribution in [1.82, 2.24) is 10.2 Å². The molecule has 0 saturated carbocycles. The standard InChI is InChI=1S/C15H22N2O5/c18-9-12-14(19)13(17-5-1-2-6-17)11(22-12)8-16-15(20)10-4-3-7-21-10/h3-4,7,11-14,18-19H,1-2,5-6,8-9H2,(H,16,20). The molecule has 4 unspecified atom stereocenters. The van der Waals surface area contributed by atoms with Crippen LogP contribution in [0.2, 0.25) is 0 Å². The average molecular weight is 310 g/mol. The summed E-state index contributed by atoms with van der Waals surface area (Å²) >= 11 is 0. The Morgan fingerprint density at radius 1 is 1.36 bits per heavy atom. The number of carbonyl (C=O) groups excluding carboxylic acids is 1. The van der Waals surface area contributed by atoms with Gasteiger partial charge in [-0.15, -0.1) is 0 Å². The summed E-state index contributed by atoms with van der Waals surface area (Å²) in [6, 6.07) is 3.05. The number of nitrogens with one attached hydrogen (secondary N) is 1. The first-order chi connectivity index (χ1) is 10.7. The third-order valence-corrected chi connectivity index (χ3v) is 4.41. The summed E-state index contributed by atoms with van der Waals surface area (Å²) in [5, 5.41) is 22.5. The summed E-state index contributed by atoms with van der Waals surface area (Å²) in [7, 11) is 0. The zero-order valence-electron chi connectivity index (χ0n) is 12.4. The number of hydrogen-bond donors (Lipinski definition) is 3. The van der Waals surface area contributed by atoms with E-state index in [1.165, 1.54) is 6.26 Å². The number of aliphatic hydroxyl groups excluding tert-OH is 2. The van der Waals surface area contributed by atoms with Crippen molar-refractivity contribution in [2.24, 2.45) is 0 Å². The minimum absolute atomic E-state index is 0.198. The number of hydrogen-bond acceptors (Lipinski definition) is 6. The van der Waals surface area contributed by atoms with Gasteiger partial charge in [0.15, 0.2) is 5.76 Å². The fourth-order valence-electron chi connectivity index (χ4n) is 3.32. The second-order valence-electron chi connectivity index (χ2n) is 5.81. The maximum Gasteiger partial charge on any atom is 0.287 e. The van der Waals surface area contributed by atoms with Gasteiger partial charge in [0.05, 0.1) is 25.0 Å². The Morgan fingerprint density at radius 2 is 2.14 bits per heavy atom. The summed E-state index contributed by atoms with van der Waals surface area (Å²) in [6.45, 7) is 1.86. The zero-order chi connectivity index (χ0) is 15.5. The SMILES string of the molecule is O=C(NCC1OC(CO)C(O)C1N1CCCC1)c1ccco1. The number of rotatable bonds is 5. The van der Waals surface area contributed by atoms with Gasteiger partial charge in [0, 0.05) is 6.54 Å². The predicted octanol–water partition coefficient (Wildman–Crippen LogP) is -0.406. The van der Waals surface area contributed by atoms with Gasteiger partial charge in [-0.25, -0.2) is 0 Å². The molecular formula is C15H22N2O5.